The van der Waals surface area contributed by atoms with Gasteiger partial charge in [0.15, 0.2) is 0 Å². The molecule has 1 fully saturated rings. The monoisotopic (exact) mass is 222 g/mol. The van der Waals surface area contributed by atoms with Crippen LogP contribution in [-0.2, 0) is 0 Å². The third-order valence-electron chi connectivity index (χ3n) is 2.76. The number of pyridine rings is 1. The molecule has 16 heavy (non-hydrogen) atoms. The molecular weight excluding hydrogens is 204 g/mol. The van der Waals surface area contributed by atoms with Gasteiger partial charge in [-0.05, 0) is 19.9 Å². The molecule has 0 radical (unpaired) electrons. The largest absolute Gasteiger partial charge is 0.493 e. The molecule has 1 aliphatic rings. The van der Waals surface area contributed by atoms with Crippen molar-refractivity contribution >= 4 is 0 Å². The summed E-state index contributed by atoms with van der Waals surface area (Å²) in [6, 6.07) is 3.76. The Labute approximate surface area is 96.0 Å². The minimum absolute atomic E-state index is 0.611. The fraction of sp³-hybridized carbons (Fsp3) is 0.583. The summed E-state index contributed by atoms with van der Waals surface area (Å²) in [5, 5.41) is 3.33. The van der Waals surface area contributed by atoms with Crippen LogP contribution >= 0.6 is 0 Å². The molecule has 1 aromatic heterocycles. The summed E-state index contributed by atoms with van der Waals surface area (Å²) in [6.45, 7) is 4.86. The highest BCUT2D eigenvalue weighted by Gasteiger charge is 2.15. The van der Waals surface area contributed by atoms with Gasteiger partial charge in [-0.15, -0.1) is 0 Å². The van der Waals surface area contributed by atoms with Crippen LogP contribution in [0.2, 0.25) is 0 Å². The van der Waals surface area contributed by atoms with Crippen LogP contribution in [0.1, 0.15) is 12.1 Å². The predicted molar refractivity (Wildman–Crippen MR) is 62.0 cm³/mol. The molecule has 2 rings (SSSR count). The van der Waals surface area contributed by atoms with E-state index in [0.29, 0.717) is 11.8 Å². The summed E-state index contributed by atoms with van der Waals surface area (Å²) in [5.74, 6) is 2.08. The Morgan fingerprint density at radius 2 is 2.38 bits per heavy atom. The number of hydrogen-bond donors (Lipinski definition) is 1. The van der Waals surface area contributed by atoms with Crippen molar-refractivity contribution in [2.45, 2.75) is 13.3 Å². The highest BCUT2D eigenvalue weighted by molar-refractivity contribution is 5.29. The molecule has 1 saturated heterocycles. The van der Waals surface area contributed by atoms with Crippen molar-refractivity contribution in [3.8, 4) is 11.6 Å². The van der Waals surface area contributed by atoms with Crippen molar-refractivity contribution in [2.75, 3.05) is 26.8 Å². The molecule has 0 aromatic carbocycles. The Balaban J connectivity index is 1.94. The number of rotatable bonds is 4. The second-order valence-electron chi connectivity index (χ2n) is 4.16. The molecule has 0 spiro atoms. The molecule has 1 aromatic rings. The van der Waals surface area contributed by atoms with Crippen LogP contribution in [0.4, 0.5) is 0 Å². The van der Waals surface area contributed by atoms with Crippen LogP contribution in [0.3, 0.4) is 0 Å². The van der Waals surface area contributed by atoms with Crippen molar-refractivity contribution in [3.05, 3.63) is 17.8 Å². The van der Waals surface area contributed by atoms with Gasteiger partial charge >= 0.3 is 0 Å². The number of nitrogens with one attached hydrogen (secondary N) is 1. The van der Waals surface area contributed by atoms with Crippen molar-refractivity contribution < 1.29 is 9.47 Å². The van der Waals surface area contributed by atoms with Crippen LogP contribution in [0, 0.1) is 12.8 Å². The average molecular weight is 222 g/mol. The SMILES string of the molecule is COc1cc(OCC2CCNC2)cc(C)n1. The zero-order valence-corrected chi connectivity index (χ0v) is 9.82. The van der Waals surface area contributed by atoms with Crippen molar-refractivity contribution in [2.24, 2.45) is 5.92 Å². The lowest BCUT2D eigenvalue weighted by Crippen LogP contribution is -2.15. The molecule has 1 unspecified atom stereocenters. The van der Waals surface area contributed by atoms with Crippen LogP contribution in [-0.4, -0.2) is 31.8 Å². The van der Waals surface area contributed by atoms with Gasteiger partial charge in [0.05, 0.1) is 13.7 Å². The van der Waals surface area contributed by atoms with E-state index in [1.165, 1.54) is 6.42 Å². The van der Waals surface area contributed by atoms with Gasteiger partial charge in [0, 0.05) is 30.3 Å². The predicted octanol–water partition coefficient (Wildman–Crippen LogP) is 1.39. The van der Waals surface area contributed by atoms with Gasteiger partial charge in [-0.2, -0.15) is 0 Å². The van der Waals surface area contributed by atoms with E-state index in [2.05, 4.69) is 10.3 Å². The molecule has 1 aliphatic heterocycles. The third-order valence-corrected chi connectivity index (χ3v) is 2.76. The molecule has 1 N–H and O–H groups in total. The van der Waals surface area contributed by atoms with E-state index in [0.717, 1.165) is 31.1 Å². The fourth-order valence-corrected chi connectivity index (χ4v) is 1.87. The van der Waals surface area contributed by atoms with Gasteiger partial charge in [-0.3, -0.25) is 0 Å². The van der Waals surface area contributed by atoms with Crippen LogP contribution in [0.25, 0.3) is 0 Å². The number of aryl methyl sites for hydroxylation is 1. The number of ether oxygens (including phenoxy) is 2. The van der Waals surface area contributed by atoms with Gasteiger partial charge in [0.2, 0.25) is 5.88 Å². The summed E-state index contributed by atoms with van der Waals surface area (Å²) in [5.41, 5.74) is 0.916. The summed E-state index contributed by atoms with van der Waals surface area (Å²) < 4.78 is 10.9. The summed E-state index contributed by atoms with van der Waals surface area (Å²) in [6.07, 6.45) is 1.20. The number of hydrogen-bond acceptors (Lipinski definition) is 4. The smallest absolute Gasteiger partial charge is 0.216 e. The Bertz CT molecular complexity index is 349. The van der Waals surface area contributed by atoms with E-state index in [-0.39, 0.29) is 0 Å². The molecular formula is C12H18N2O2. The zero-order chi connectivity index (χ0) is 11.4. The van der Waals surface area contributed by atoms with E-state index in [9.17, 15) is 0 Å². The standard InChI is InChI=1S/C12H18N2O2/c1-9-5-11(6-12(14-9)15-2)16-8-10-3-4-13-7-10/h5-6,10,13H,3-4,7-8H2,1-2H3. The van der Waals surface area contributed by atoms with Crippen LogP contribution in [0.5, 0.6) is 11.6 Å². The third kappa shape index (κ3) is 2.85. The average Bonchev–Trinajstić information content (AvgIpc) is 2.78. The first kappa shape index (κ1) is 11.2. The van der Waals surface area contributed by atoms with Gasteiger partial charge in [-0.1, -0.05) is 0 Å². The molecule has 0 saturated carbocycles. The first-order valence-corrected chi connectivity index (χ1v) is 5.64. The molecule has 0 aliphatic carbocycles. The number of aromatic nitrogens is 1. The van der Waals surface area contributed by atoms with Crippen LogP contribution in [0.15, 0.2) is 12.1 Å². The Hall–Kier alpha value is -1.29. The highest BCUT2D eigenvalue weighted by atomic mass is 16.5. The fourth-order valence-electron chi connectivity index (χ4n) is 1.87. The second-order valence-corrected chi connectivity index (χ2v) is 4.16. The molecule has 0 amide bonds. The Kier molecular flexibility index (Phi) is 3.62. The van der Waals surface area contributed by atoms with Crippen LogP contribution < -0.4 is 14.8 Å². The minimum Gasteiger partial charge on any atom is -0.493 e. The maximum atomic E-state index is 5.75. The summed E-state index contributed by atoms with van der Waals surface area (Å²) >= 11 is 0. The van der Waals surface area contributed by atoms with Gasteiger partial charge < -0.3 is 14.8 Å². The lowest BCUT2D eigenvalue weighted by atomic mass is 10.1. The lowest BCUT2D eigenvalue weighted by Gasteiger charge is -2.12. The zero-order valence-electron chi connectivity index (χ0n) is 9.82. The van der Waals surface area contributed by atoms with Crippen molar-refractivity contribution in [3.63, 3.8) is 0 Å². The quantitative estimate of drug-likeness (QED) is 0.836. The minimum atomic E-state index is 0.611. The van der Waals surface area contributed by atoms with Gasteiger partial charge in [-0.25, -0.2) is 4.98 Å². The van der Waals surface area contributed by atoms with Crippen molar-refractivity contribution in [1.29, 1.82) is 0 Å². The maximum absolute atomic E-state index is 5.75. The molecule has 0 bridgehead atoms. The topological polar surface area (TPSA) is 43.4 Å². The lowest BCUT2D eigenvalue weighted by molar-refractivity contribution is 0.258. The van der Waals surface area contributed by atoms with E-state index >= 15 is 0 Å². The van der Waals surface area contributed by atoms with Gasteiger partial charge in [0.25, 0.3) is 0 Å². The number of methoxy groups -OCH3 is 1. The first-order chi connectivity index (χ1) is 7.78. The summed E-state index contributed by atoms with van der Waals surface area (Å²) in [4.78, 5) is 4.22. The van der Waals surface area contributed by atoms with Gasteiger partial charge in [0.1, 0.15) is 5.75 Å². The molecule has 2 heterocycles. The van der Waals surface area contributed by atoms with E-state index in [1.807, 2.05) is 19.1 Å². The Morgan fingerprint density at radius 3 is 3.06 bits per heavy atom. The molecule has 4 heteroatoms. The Morgan fingerprint density at radius 1 is 1.50 bits per heavy atom. The van der Waals surface area contributed by atoms with E-state index in [4.69, 9.17) is 9.47 Å². The maximum Gasteiger partial charge on any atom is 0.216 e. The normalized spacial score (nSPS) is 19.8. The molecule has 88 valence electrons. The highest BCUT2D eigenvalue weighted by Crippen LogP contribution is 2.20. The van der Waals surface area contributed by atoms with E-state index < -0.39 is 0 Å². The molecule has 1 atom stereocenters. The summed E-state index contributed by atoms with van der Waals surface area (Å²) in [7, 11) is 1.62. The molecule has 4 nitrogen and oxygen atoms in total. The second kappa shape index (κ2) is 5.16. The van der Waals surface area contributed by atoms with E-state index in [1.54, 1.807) is 7.11 Å². The number of nitrogens with zero attached hydrogens (tertiary/aromatic N) is 1. The van der Waals surface area contributed by atoms with Crippen molar-refractivity contribution in [1.82, 2.24) is 10.3 Å². The first-order valence-electron chi connectivity index (χ1n) is 5.64.